The van der Waals surface area contributed by atoms with Crippen LogP contribution in [0, 0.1) is 11.3 Å². The van der Waals surface area contributed by atoms with Gasteiger partial charge in [-0.1, -0.05) is 0 Å². The minimum atomic E-state index is -1.31. The lowest BCUT2D eigenvalue weighted by atomic mass is 10.2. The number of H-pyrrole nitrogens is 1. The SMILES string of the molecule is CS(=O)c1ncc2cc(C#N)c(=O)[nH]c2n1. The summed E-state index contributed by atoms with van der Waals surface area (Å²) in [4.78, 5) is 21.6. The molecule has 0 aliphatic carbocycles. The number of aromatic nitrogens is 3. The van der Waals surface area contributed by atoms with Crippen molar-refractivity contribution in [3.05, 3.63) is 28.2 Å². The number of pyridine rings is 1. The molecule has 2 rings (SSSR count). The maximum absolute atomic E-state index is 11.3. The number of rotatable bonds is 1. The van der Waals surface area contributed by atoms with E-state index in [0.29, 0.717) is 5.39 Å². The average Bonchev–Trinajstić information content (AvgIpc) is 2.27. The zero-order valence-electron chi connectivity index (χ0n) is 8.22. The molecule has 0 amide bonds. The number of nitriles is 1. The largest absolute Gasteiger partial charge is 0.305 e. The van der Waals surface area contributed by atoms with Crippen LogP contribution in [0.5, 0.6) is 0 Å². The maximum atomic E-state index is 11.3. The average molecular weight is 234 g/mol. The Labute approximate surface area is 92.4 Å². The van der Waals surface area contributed by atoms with Crippen LogP contribution in [0.2, 0.25) is 0 Å². The van der Waals surface area contributed by atoms with Gasteiger partial charge in [0.25, 0.3) is 5.56 Å². The normalized spacial score (nSPS) is 12.2. The number of nitrogens with one attached hydrogen (secondary N) is 1. The van der Waals surface area contributed by atoms with Crippen molar-refractivity contribution >= 4 is 21.8 Å². The van der Waals surface area contributed by atoms with Crippen LogP contribution in [0.3, 0.4) is 0 Å². The third kappa shape index (κ3) is 1.70. The van der Waals surface area contributed by atoms with Crippen molar-refractivity contribution in [3.63, 3.8) is 0 Å². The van der Waals surface area contributed by atoms with Gasteiger partial charge in [-0.05, 0) is 6.07 Å². The van der Waals surface area contributed by atoms with E-state index in [1.54, 1.807) is 6.07 Å². The second-order valence-electron chi connectivity index (χ2n) is 3.03. The second kappa shape index (κ2) is 3.83. The molecule has 2 aromatic heterocycles. The first-order chi connectivity index (χ1) is 7.61. The molecule has 0 aromatic carbocycles. The molecule has 1 N–H and O–H groups in total. The van der Waals surface area contributed by atoms with Gasteiger partial charge >= 0.3 is 0 Å². The Morgan fingerprint density at radius 3 is 2.94 bits per heavy atom. The smallest absolute Gasteiger partial charge is 0.267 e. The Balaban J connectivity index is 2.78. The van der Waals surface area contributed by atoms with Gasteiger partial charge in [-0.25, -0.2) is 9.97 Å². The summed E-state index contributed by atoms with van der Waals surface area (Å²) in [7, 11) is -1.31. The lowest BCUT2D eigenvalue weighted by Gasteiger charge is -1.98. The van der Waals surface area contributed by atoms with Crippen LogP contribution in [0.15, 0.2) is 22.2 Å². The number of fused-ring (bicyclic) bond motifs is 1. The van der Waals surface area contributed by atoms with Gasteiger partial charge in [0.05, 0.1) is 10.8 Å². The molecule has 2 aromatic rings. The summed E-state index contributed by atoms with van der Waals surface area (Å²) in [5.41, 5.74) is -0.229. The molecule has 0 bridgehead atoms. The zero-order valence-corrected chi connectivity index (χ0v) is 9.04. The molecule has 0 aliphatic rings. The molecule has 0 saturated carbocycles. The Morgan fingerprint density at radius 2 is 2.31 bits per heavy atom. The molecule has 2 heterocycles. The summed E-state index contributed by atoms with van der Waals surface area (Å²) in [6, 6.07) is 3.16. The van der Waals surface area contributed by atoms with Crippen LogP contribution >= 0.6 is 0 Å². The molecule has 0 fully saturated rings. The first-order valence-corrected chi connectivity index (χ1v) is 5.81. The molecular formula is C9H6N4O2S. The first-order valence-electron chi connectivity index (χ1n) is 4.25. The lowest BCUT2D eigenvalue weighted by molar-refractivity contribution is 0.680. The Morgan fingerprint density at radius 1 is 1.56 bits per heavy atom. The van der Waals surface area contributed by atoms with E-state index < -0.39 is 16.4 Å². The Bertz CT molecular complexity index is 686. The number of hydrogen-bond acceptors (Lipinski definition) is 5. The van der Waals surface area contributed by atoms with Gasteiger partial charge in [-0.3, -0.25) is 9.00 Å². The number of nitrogens with zero attached hydrogens (tertiary/aromatic N) is 3. The van der Waals surface area contributed by atoms with Crippen LogP contribution in [-0.2, 0) is 10.8 Å². The maximum Gasteiger partial charge on any atom is 0.267 e. The van der Waals surface area contributed by atoms with E-state index in [0.717, 1.165) is 0 Å². The summed E-state index contributed by atoms with van der Waals surface area (Å²) < 4.78 is 11.1. The fourth-order valence-corrected chi connectivity index (χ4v) is 1.62. The highest BCUT2D eigenvalue weighted by Crippen LogP contribution is 2.08. The summed E-state index contributed by atoms with van der Waals surface area (Å²) in [5, 5.41) is 9.34. The molecule has 0 radical (unpaired) electrons. The Hall–Kier alpha value is -2.07. The topological polar surface area (TPSA) is 99.5 Å². The van der Waals surface area contributed by atoms with Crippen molar-refractivity contribution in [2.24, 2.45) is 0 Å². The van der Waals surface area contributed by atoms with Gasteiger partial charge in [0.15, 0.2) is 0 Å². The Kier molecular flexibility index (Phi) is 2.50. The van der Waals surface area contributed by atoms with Crippen molar-refractivity contribution < 1.29 is 4.21 Å². The summed E-state index contributed by atoms with van der Waals surface area (Å²) in [5.74, 6) is 0. The molecule has 0 aliphatic heterocycles. The van der Waals surface area contributed by atoms with E-state index in [1.807, 2.05) is 0 Å². The molecule has 1 atom stereocenters. The fourth-order valence-electron chi connectivity index (χ4n) is 1.20. The molecular weight excluding hydrogens is 228 g/mol. The highest BCUT2D eigenvalue weighted by molar-refractivity contribution is 7.84. The van der Waals surface area contributed by atoms with E-state index in [4.69, 9.17) is 5.26 Å². The van der Waals surface area contributed by atoms with Crippen molar-refractivity contribution in [3.8, 4) is 6.07 Å². The fraction of sp³-hybridized carbons (Fsp3) is 0.111. The van der Waals surface area contributed by atoms with E-state index in [1.165, 1.54) is 18.5 Å². The van der Waals surface area contributed by atoms with Crippen LogP contribution in [-0.4, -0.2) is 25.4 Å². The predicted octanol–water partition coefficient (Wildman–Crippen LogP) is -0.0728. The quantitative estimate of drug-likeness (QED) is 0.696. The third-order valence-corrected chi connectivity index (χ3v) is 2.66. The van der Waals surface area contributed by atoms with E-state index >= 15 is 0 Å². The van der Waals surface area contributed by atoms with Crippen LogP contribution in [0.4, 0.5) is 0 Å². The van der Waals surface area contributed by atoms with Crippen molar-refractivity contribution in [2.75, 3.05) is 6.26 Å². The standard InChI is InChI=1S/C9H6N4O2S/c1-16(15)9-11-4-6-2-5(3-10)8(14)12-7(6)13-9/h2,4H,1H3,(H,11,12,13,14). The van der Waals surface area contributed by atoms with Crippen molar-refractivity contribution in [1.82, 2.24) is 15.0 Å². The lowest BCUT2D eigenvalue weighted by Crippen LogP contribution is -2.11. The van der Waals surface area contributed by atoms with Crippen molar-refractivity contribution in [2.45, 2.75) is 5.16 Å². The van der Waals surface area contributed by atoms with E-state index in [-0.39, 0.29) is 16.4 Å². The first kappa shape index (κ1) is 10.4. The van der Waals surface area contributed by atoms with Gasteiger partial charge in [-0.15, -0.1) is 0 Å². The van der Waals surface area contributed by atoms with E-state index in [2.05, 4.69) is 15.0 Å². The van der Waals surface area contributed by atoms with Gasteiger partial charge in [-0.2, -0.15) is 5.26 Å². The van der Waals surface area contributed by atoms with Gasteiger partial charge < -0.3 is 4.98 Å². The summed E-state index contributed by atoms with van der Waals surface area (Å²) >= 11 is 0. The predicted molar refractivity (Wildman–Crippen MR) is 57.2 cm³/mol. The van der Waals surface area contributed by atoms with Gasteiger partial charge in [0.2, 0.25) is 5.16 Å². The molecule has 16 heavy (non-hydrogen) atoms. The van der Waals surface area contributed by atoms with Gasteiger partial charge in [0.1, 0.15) is 17.3 Å². The highest BCUT2D eigenvalue weighted by atomic mass is 32.2. The molecule has 1 unspecified atom stereocenters. The molecule has 80 valence electrons. The highest BCUT2D eigenvalue weighted by Gasteiger charge is 2.06. The molecule has 0 spiro atoms. The molecule has 0 saturated heterocycles. The number of aromatic amines is 1. The third-order valence-electron chi connectivity index (χ3n) is 1.95. The van der Waals surface area contributed by atoms with Crippen LogP contribution < -0.4 is 5.56 Å². The zero-order chi connectivity index (χ0) is 11.7. The summed E-state index contributed by atoms with van der Waals surface area (Å²) in [6.07, 6.45) is 2.87. The van der Waals surface area contributed by atoms with Crippen molar-refractivity contribution in [1.29, 1.82) is 5.26 Å². The van der Waals surface area contributed by atoms with E-state index in [9.17, 15) is 9.00 Å². The minimum absolute atomic E-state index is 0.00136. The molecule has 6 nitrogen and oxygen atoms in total. The van der Waals surface area contributed by atoms with Crippen LogP contribution in [0.1, 0.15) is 5.56 Å². The minimum Gasteiger partial charge on any atom is -0.305 e. The van der Waals surface area contributed by atoms with Gasteiger partial charge in [0, 0.05) is 17.8 Å². The number of hydrogen-bond donors (Lipinski definition) is 1. The molecule has 7 heteroatoms. The monoisotopic (exact) mass is 234 g/mol. The van der Waals surface area contributed by atoms with Crippen LogP contribution in [0.25, 0.3) is 11.0 Å². The second-order valence-corrected chi connectivity index (χ2v) is 4.31. The summed E-state index contributed by atoms with van der Waals surface area (Å²) in [6.45, 7) is 0.